The molecule has 188 valence electrons. The number of rotatable bonds is 11. The molecule has 0 radical (unpaired) electrons. The molecule has 3 N–H and O–H groups in total. The summed E-state index contributed by atoms with van der Waals surface area (Å²) in [6.45, 7) is 2.28. The summed E-state index contributed by atoms with van der Waals surface area (Å²) < 4.78 is 10.7. The molecule has 2 aromatic heterocycles. The van der Waals surface area contributed by atoms with E-state index in [0.717, 1.165) is 30.1 Å². The molecule has 0 aliphatic heterocycles. The fourth-order valence-corrected chi connectivity index (χ4v) is 3.86. The van der Waals surface area contributed by atoms with Crippen LogP contribution in [0.3, 0.4) is 0 Å². The third kappa shape index (κ3) is 6.24. The second kappa shape index (κ2) is 11.7. The average molecular weight is 509 g/mol. The van der Waals surface area contributed by atoms with E-state index in [4.69, 9.17) is 26.1 Å². The number of benzene rings is 2. The number of carbonyl (C=O) groups is 1. The Morgan fingerprint density at radius 2 is 1.83 bits per heavy atom. The van der Waals surface area contributed by atoms with Gasteiger partial charge < -0.3 is 30.0 Å². The Morgan fingerprint density at radius 1 is 1.11 bits per heavy atom. The van der Waals surface area contributed by atoms with Crippen LogP contribution in [0.15, 0.2) is 54.7 Å². The van der Waals surface area contributed by atoms with Gasteiger partial charge in [0, 0.05) is 32.2 Å². The van der Waals surface area contributed by atoms with Gasteiger partial charge in [0.15, 0.2) is 12.3 Å². The number of aromatic nitrogens is 3. The third-order valence-electron chi connectivity index (χ3n) is 5.65. The van der Waals surface area contributed by atoms with E-state index in [1.807, 2.05) is 24.3 Å². The molecular formula is C26H29ClN6O3. The molecule has 1 amide bonds. The summed E-state index contributed by atoms with van der Waals surface area (Å²) in [6.07, 6.45) is 1.62. The molecule has 9 nitrogen and oxygen atoms in total. The SMILES string of the molecule is CNC(=O)COc1ccc(-c2nc3c(NCCN(C)Cc4ccc(OC)cc4)c(Cl)cnc3[nH]2)cc1. The number of nitrogens with one attached hydrogen (secondary N) is 3. The Balaban J connectivity index is 1.40. The highest BCUT2D eigenvalue weighted by molar-refractivity contribution is 6.34. The molecule has 0 spiro atoms. The predicted molar refractivity (Wildman–Crippen MR) is 142 cm³/mol. The highest BCUT2D eigenvalue weighted by atomic mass is 35.5. The van der Waals surface area contributed by atoms with Gasteiger partial charge >= 0.3 is 0 Å². The molecule has 0 aliphatic rings. The largest absolute Gasteiger partial charge is 0.497 e. The number of hydrogen-bond donors (Lipinski definition) is 3. The summed E-state index contributed by atoms with van der Waals surface area (Å²) in [6, 6.07) is 15.4. The second-order valence-electron chi connectivity index (χ2n) is 8.26. The van der Waals surface area contributed by atoms with Gasteiger partial charge in [-0.05, 0) is 49.0 Å². The highest BCUT2D eigenvalue weighted by Gasteiger charge is 2.14. The molecule has 4 aromatic rings. The van der Waals surface area contributed by atoms with Crippen LogP contribution in [0.1, 0.15) is 5.56 Å². The Hall–Kier alpha value is -3.82. The maximum Gasteiger partial charge on any atom is 0.257 e. The molecule has 2 heterocycles. The first kappa shape index (κ1) is 25.3. The normalized spacial score (nSPS) is 11.0. The smallest absolute Gasteiger partial charge is 0.257 e. The monoisotopic (exact) mass is 508 g/mol. The summed E-state index contributed by atoms with van der Waals surface area (Å²) in [5, 5.41) is 6.46. The van der Waals surface area contributed by atoms with Crippen molar-refractivity contribution >= 4 is 34.4 Å². The van der Waals surface area contributed by atoms with Gasteiger partial charge in [-0.2, -0.15) is 0 Å². The summed E-state index contributed by atoms with van der Waals surface area (Å²) in [7, 11) is 5.31. The van der Waals surface area contributed by atoms with E-state index in [9.17, 15) is 4.79 Å². The number of anilines is 1. The zero-order valence-electron chi connectivity index (χ0n) is 20.5. The van der Waals surface area contributed by atoms with Crippen molar-refractivity contribution in [1.82, 2.24) is 25.2 Å². The molecule has 4 rings (SSSR count). The van der Waals surface area contributed by atoms with Crippen LogP contribution < -0.4 is 20.1 Å². The quantitative estimate of drug-likeness (QED) is 0.282. The topological polar surface area (TPSA) is 104 Å². The zero-order valence-corrected chi connectivity index (χ0v) is 21.2. The van der Waals surface area contributed by atoms with E-state index < -0.39 is 0 Å². The number of hydrogen-bond acceptors (Lipinski definition) is 7. The van der Waals surface area contributed by atoms with Crippen LogP contribution >= 0.6 is 11.6 Å². The van der Waals surface area contributed by atoms with Crippen molar-refractivity contribution in [2.45, 2.75) is 6.54 Å². The minimum atomic E-state index is -0.189. The van der Waals surface area contributed by atoms with Crippen molar-refractivity contribution in [2.24, 2.45) is 0 Å². The van der Waals surface area contributed by atoms with Crippen LogP contribution in [0.5, 0.6) is 11.5 Å². The summed E-state index contributed by atoms with van der Waals surface area (Å²) >= 11 is 6.47. The van der Waals surface area contributed by atoms with Gasteiger partial charge in [-0.15, -0.1) is 0 Å². The molecule has 0 atom stereocenters. The molecule has 0 aliphatic carbocycles. The fourth-order valence-electron chi connectivity index (χ4n) is 3.66. The van der Waals surface area contributed by atoms with Crippen LogP contribution in [-0.2, 0) is 11.3 Å². The Labute approximate surface area is 214 Å². The Kier molecular flexibility index (Phi) is 8.24. The van der Waals surface area contributed by atoms with Crippen molar-refractivity contribution in [1.29, 1.82) is 0 Å². The number of carbonyl (C=O) groups excluding carboxylic acids is 1. The molecule has 2 aromatic carbocycles. The van der Waals surface area contributed by atoms with Gasteiger partial charge in [-0.3, -0.25) is 4.79 Å². The van der Waals surface area contributed by atoms with Crippen molar-refractivity contribution in [3.8, 4) is 22.9 Å². The number of likely N-dealkylation sites (N-methyl/N-ethyl adjacent to an activating group) is 2. The molecule has 0 fully saturated rings. The number of pyridine rings is 1. The number of amides is 1. The predicted octanol–water partition coefficient (Wildman–Crippen LogP) is 3.96. The maximum atomic E-state index is 11.4. The van der Waals surface area contributed by atoms with E-state index in [1.54, 1.807) is 32.5 Å². The first-order chi connectivity index (χ1) is 17.5. The number of methoxy groups -OCH3 is 1. The Bertz CT molecular complexity index is 1310. The summed E-state index contributed by atoms with van der Waals surface area (Å²) in [4.78, 5) is 26.0. The number of ether oxygens (including phenoxy) is 2. The minimum Gasteiger partial charge on any atom is -0.497 e. The highest BCUT2D eigenvalue weighted by Crippen LogP contribution is 2.30. The Morgan fingerprint density at radius 3 is 2.53 bits per heavy atom. The van der Waals surface area contributed by atoms with E-state index >= 15 is 0 Å². The molecule has 10 heteroatoms. The average Bonchev–Trinajstić information content (AvgIpc) is 3.34. The van der Waals surface area contributed by atoms with Crippen LogP contribution in [0.25, 0.3) is 22.6 Å². The number of nitrogens with zero attached hydrogens (tertiary/aromatic N) is 3. The third-order valence-corrected chi connectivity index (χ3v) is 5.94. The lowest BCUT2D eigenvalue weighted by atomic mass is 10.2. The molecule has 0 saturated carbocycles. The lowest BCUT2D eigenvalue weighted by molar-refractivity contribution is -0.122. The van der Waals surface area contributed by atoms with Gasteiger partial charge in [-0.1, -0.05) is 23.7 Å². The van der Waals surface area contributed by atoms with Crippen molar-refractivity contribution < 1.29 is 14.3 Å². The van der Waals surface area contributed by atoms with Gasteiger partial charge in [0.2, 0.25) is 0 Å². The molecule has 0 unspecified atom stereocenters. The standard InChI is InChI=1S/C26H29ClN6O3/c1-28-22(34)16-36-20-10-6-18(7-11-20)25-31-24-23(21(27)14-30-26(24)32-25)29-12-13-33(2)15-17-4-8-19(35-3)9-5-17/h4-11,14H,12-13,15-16H2,1-3H3,(H,28,34)(H2,29,30,31,32). The van der Waals surface area contributed by atoms with Crippen LogP contribution in [0.2, 0.25) is 5.02 Å². The molecule has 0 saturated heterocycles. The van der Waals surface area contributed by atoms with E-state index in [-0.39, 0.29) is 12.5 Å². The number of H-pyrrole nitrogens is 1. The van der Waals surface area contributed by atoms with Gasteiger partial charge in [0.05, 0.1) is 24.0 Å². The minimum absolute atomic E-state index is 0.0345. The van der Waals surface area contributed by atoms with Gasteiger partial charge in [0.25, 0.3) is 5.91 Å². The molecular weight excluding hydrogens is 480 g/mol. The number of imidazole rings is 1. The van der Waals surface area contributed by atoms with Gasteiger partial charge in [0.1, 0.15) is 22.8 Å². The van der Waals surface area contributed by atoms with Gasteiger partial charge in [-0.25, -0.2) is 9.97 Å². The molecule has 0 bridgehead atoms. The number of fused-ring (bicyclic) bond motifs is 1. The number of halogens is 1. The second-order valence-corrected chi connectivity index (χ2v) is 8.67. The number of aromatic amines is 1. The lowest BCUT2D eigenvalue weighted by Gasteiger charge is -2.18. The van der Waals surface area contributed by atoms with E-state index in [2.05, 4.69) is 44.7 Å². The van der Waals surface area contributed by atoms with E-state index in [0.29, 0.717) is 34.3 Å². The van der Waals surface area contributed by atoms with Crippen molar-refractivity contribution in [3.63, 3.8) is 0 Å². The maximum absolute atomic E-state index is 11.4. The van der Waals surface area contributed by atoms with Crippen molar-refractivity contribution in [3.05, 3.63) is 65.3 Å². The van der Waals surface area contributed by atoms with Crippen LogP contribution in [0, 0.1) is 0 Å². The zero-order chi connectivity index (χ0) is 25.5. The molecule has 36 heavy (non-hydrogen) atoms. The first-order valence-electron chi connectivity index (χ1n) is 11.5. The summed E-state index contributed by atoms with van der Waals surface area (Å²) in [5.41, 5.74) is 4.14. The summed E-state index contributed by atoms with van der Waals surface area (Å²) in [5.74, 6) is 1.92. The van der Waals surface area contributed by atoms with Crippen LogP contribution in [-0.4, -0.2) is 66.7 Å². The van der Waals surface area contributed by atoms with Crippen LogP contribution in [0.4, 0.5) is 5.69 Å². The first-order valence-corrected chi connectivity index (χ1v) is 11.9. The van der Waals surface area contributed by atoms with Crippen molar-refractivity contribution in [2.75, 3.05) is 46.2 Å². The lowest BCUT2D eigenvalue weighted by Crippen LogP contribution is -2.25. The fraction of sp³-hybridized carbons (Fsp3) is 0.269. The van der Waals surface area contributed by atoms with E-state index in [1.165, 1.54) is 5.56 Å².